The fraction of sp³-hybridized carbons (Fsp3) is 0.308. The summed E-state index contributed by atoms with van der Waals surface area (Å²) in [5.74, 6) is -0.433. The number of aliphatic hydroxyl groups is 1. The van der Waals surface area contributed by atoms with Crippen molar-refractivity contribution in [2.75, 3.05) is 0 Å². The zero-order valence-corrected chi connectivity index (χ0v) is 9.88. The molecule has 0 saturated heterocycles. The number of alkyl halides is 1. The second-order valence-corrected chi connectivity index (χ2v) is 4.39. The molecule has 3 nitrogen and oxygen atoms in total. The van der Waals surface area contributed by atoms with E-state index in [-0.39, 0.29) is 0 Å². The molecule has 0 fully saturated rings. The van der Waals surface area contributed by atoms with Gasteiger partial charge < -0.3 is 9.84 Å². The number of halogens is 1. The molecule has 0 radical (unpaired) electrons. The van der Waals surface area contributed by atoms with Crippen molar-refractivity contribution in [2.45, 2.75) is 24.0 Å². The third-order valence-corrected chi connectivity index (χ3v) is 3.20. The fourth-order valence-electron chi connectivity index (χ4n) is 1.77. The van der Waals surface area contributed by atoms with Crippen LogP contribution in [0.25, 0.3) is 0 Å². The standard InChI is InChI=1S/C13H13ClO3/c14-12(9-5-2-1-3-6-9)13(16)10-7-4-8-11(15)17-10/h1-6,8,10,12-13,16H,7H2/t10-,12-,13-/m1/s1. The van der Waals surface area contributed by atoms with E-state index in [2.05, 4.69) is 0 Å². The van der Waals surface area contributed by atoms with Gasteiger partial charge in [-0.1, -0.05) is 36.4 Å². The van der Waals surface area contributed by atoms with Gasteiger partial charge >= 0.3 is 5.97 Å². The van der Waals surface area contributed by atoms with Crippen LogP contribution < -0.4 is 0 Å². The van der Waals surface area contributed by atoms with Crippen LogP contribution in [0.2, 0.25) is 0 Å². The van der Waals surface area contributed by atoms with Crippen molar-refractivity contribution >= 4 is 17.6 Å². The Kier molecular flexibility index (Phi) is 3.82. The zero-order valence-electron chi connectivity index (χ0n) is 9.12. The van der Waals surface area contributed by atoms with Crippen LogP contribution in [0.1, 0.15) is 17.4 Å². The molecular weight excluding hydrogens is 240 g/mol. The van der Waals surface area contributed by atoms with E-state index in [9.17, 15) is 9.90 Å². The number of carbonyl (C=O) groups excluding carboxylic acids is 1. The van der Waals surface area contributed by atoms with Crippen molar-refractivity contribution in [3.63, 3.8) is 0 Å². The minimum Gasteiger partial charge on any atom is -0.456 e. The van der Waals surface area contributed by atoms with Crippen LogP contribution in [0, 0.1) is 0 Å². The summed E-state index contributed by atoms with van der Waals surface area (Å²) in [5.41, 5.74) is 0.812. The summed E-state index contributed by atoms with van der Waals surface area (Å²) in [6.07, 6.45) is 2.05. The highest BCUT2D eigenvalue weighted by Crippen LogP contribution is 2.29. The normalized spacial score (nSPS) is 22.9. The first-order chi connectivity index (χ1) is 8.18. The van der Waals surface area contributed by atoms with Crippen molar-refractivity contribution < 1.29 is 14.6 Å². The topological polar surface area (TPSA) is 46.5 Å². The molecular formula is C13H13ClO3. The molecule has 1 aliphatic rings. The second kappa shape index (κ2) is 5.34. The van der Waals surface area contributed by atoms with E-state index in [0.717, 1.165) is 5.56 Å². The number of aliphatic hydroxyl groups excluding tert-OH is 1. The molecule has 1 aromatic carbocycles. The number of carbonyl (C=O) groups is 1. The lowest BCUT2D eigenvalue weighted by molar-refractivity contribution is -0.150. The molecule has 1 aliphatic heterocycles. The van der Waals surface area contributed by atoms with Crippen molar-refractivity contribution in [1.29, 1.82) is 0 Å². The third-order valence-electron chi connectivity index (χ3n) is 2.69. The highest BCUT2D eigenvalue weighted by Gasteiger charge is 2.30. The molecule has 0 spiro atoms. The van der Waals surface area contributed by atoms with E-state index >= 15 is 0 Å². The van der Waals surface area contributed by atoms with E-state index in [1.165, 1.54) is 6.08 Å². The number of rotatable bonds is 3. The van der Waals surface area contributed by atoms with Crippen LogP contribution in [0.15, 0.2) is 42.5 Å². The summed E-state index contributed by atoms with van der Waals surface area (Å²) >= 11 is 6.17. The van der Waals surface area contributed by atoms with Crippen LogP contribution in [-0.2, 0) is 9.53 Å². The number of esters is 1. The molecule has 1 aromatic rings. The average molecular weight is 253 g/mol. The highest BCUT2D eigenvalue weighted by molar-refractivity contribution is 6.21. The maximum Gasteiger partial charge on any atom is 0.330 e. The summed E-state index contributed by atoms with van der Waals surface area (Å²) in [7, 11) is 0. The highest BCUT2D eigenvalue weighted by atomic mass is 35.5. The van der Waals surface area contributed by atoms with E-state index < -0.39 is 23.6 Å². The van der Waals surface area contributed by atoms with Gasteiger partial charge in [-0.2, -0.15) is 0 Å². The van der Waals surface area contributed by atoms with Gasteiger partial charge in [0.1, 0.15) is 12.2 Å². The number of ether oxygens (including phenoxy) is 1. The lowest BCUT2D eigenvalue weighted by Gasteiger charge is -2.27. The van der Waals surface area contributed by atoms with Crippen molar-refractivity contribution in [3.8, 4) is 0 Å². The summed E-state index contributed by atoms with van der Waals surface area (Å²) in [6.45, 7) is 0. The third kappa shape index (κ3) is 2.87. The fourth-order valence-corrected chi connectivity index (χ4v) is 2.07. The monoisotopic (exact) mass is 252 g/mol. The van der Waals surface area contributed by atoms with Gasteiger partial charge in [0.05, 0.1) is 5.38 Å². The van der Waals surface area contributed by atoms with Crippen LogP contribution in [0.3, 0.4) is 0 Å². The predicted molar refractivity (Wildman–Crippen MR) is 64.7 cm³/mol. The molecule has 4 heteroatoms. The molecule has 1 heterocycles. The summed E-state index contributed by atoms with van der Waals surface area (Å²) in [6, 6.07) is 9.25. The van der Waals surface area contributed by atoms with Crippen molar-refractivity contribution in [1.82, 2.24) is 0 Å². The quantitative estimate of drug-likeness (QED) is 0.663. The molecule has 0 aromatic heterocycles. The van der Waals surface area contributed by atoms with E-state index in [1.54, 1.807) is 6.08 Å². The van der Waals surface area contributed by atoms with E-state index in [0.29, 0.717) is 6.42 Å². The number of hydrogen-bond donors (Lipinski definition) is 1. The van der Waals surface area contributed by atoms with Gasteiger partial charge in [-0.15, -0.1) is 11.6 Å². The SMILES string of the molecule is O=C1C=CC[C@H]([C@@H](O)[C@H](Cl)c2ccccc2)O1. The van der Waals surface area contributed by atoms with Crippen LogP contribution in [-0.4, -0.2) is 23.3 Å². The largest absolute Gasteiger partial charge is 0.456 e. The molecule has 2 rings (SSSR count). The van der Waals surface area contributed by atoms with Crippen LogP contribution >= 0.6 is 11.6 Å². The van der Waals surface area contributed by atoms with Gasteiger partial charge in [0.25, 0.3) is 0 Å². The number of hydrogen-bond acceptors (Lipinski definition) is 3. The van der Waals surface area contributed by atoms with Crippen molar-refractivity contribution in [2.24, 2.45) is 0 Å². The maximum atomic E-state index is 11.1. The average Bonchev–Trinajstić information content (AvgIpc) is 2.38. The van der Waals surface area contributed by atoms with Crippen LogP contribution in [0.4, 0.5) is 0 Å². The Balaban J connectivity index is 2.07. The van der Waals surface area contributed by atoms with E-state index in [4.69, 9.17) is 16.3 Å². The molecule has 17 heavy (non-hydrogen) atoms. The molecule has 0 saturated carbocycles. The first-order valence-electron chi connectivity index (χ1n) is 5.42. The van der Waals surface area contributed by atoms with Crippen molar-refractivity contribution in [3.05, 3.63) is 48.0 Å². The first kappa shape index (κ1) is 12.1. The lowest BCUT2D eigenvalue weighted by Crippen LogP contribution is -2.35. The minimum absolute atomic E-state index is 0.433. The van der Waals surface area contributed by atoms with Gasteiger partial charge in [-0.25, -0.2) is 4.79 Å². The summed E-state index contributed by atoms with van der Waals surface area (Å²) in [4.78, 5) is 11.1. The van der Waals surface area contributed by atoms with Crippen LogP contribution in [0.5, 0.6) is 0 Å². The zero-order chi connectivity index (χ0) is 12.3. The molecule has 3 atom stereocenters. The number of cyclic esters (lactones) is 1. The second-order valence-electron chi connectivity index (χ2n) is 3.92. The molecule has 0 bridgehead atoms. The molecule has 1 N–H and O–H groups in total. The minimum atomic E-state index is -0.909. The Morgan fingerprint density at radius 1 is 1.35 bits per heavy atom. The Labute approximate surface area is 105 Å². The Morgan fingerprint density at radius 3 is 2.71 bits per heavy atom. The van der Waals surface area contributed by atoms with Gasteiger partial charge in [0, 0.05) is 12.5 Å². The Hall–Kier alpha value is -1.32. The molecule has 0 aliphatic carbocycles. The van der Waals surface area contributed by atoms with Gasteiger partial charge in [-0.3, -0.25) is 0 Å². The summed E-state index contributed by atoms with van der Waals surface area (Å²) in [5, 5.41) is 9.49. The first-order valence-corrected chi connectivity index (χ1v) is 5.86. The Morgan fingerprint density at radius 2 is 2.06 bits per heavy atom. The molecule has 0 unspecified atom stereocenters. The maximum absolute atomic E-state index is 11.1. The molecule has 0 amide bonds. The van der Waals surface area contributed by atoms with Gasteiger partial charge in [0.2, 0.25) is 0 Å². The van der Waals surface area contributed by atoms with E-state index in [1.807, 2.05) is 30.3 Å². The van der Waals surface area contributed by atoms with Gasteiger partial charge in [0.15, 0.2) is 0 Å². The predicted octanol–water partition coefficient (Wildman–Crippen LogP) is 2.20. The number of benzene rings is 1. The Bertz CT molecular complexity index is 416. The summed E-state index contributed by atoms with van der Waals surface area (Å²) < 4.78 is 5.03. The van der Waals surface area contributed by atoms with Gasteiger partial charge in [-0.05, 0) is 5.56 Å². The smallest absolute Gasteiger partial charge is 0.330 e. The lowest BCUT2D eigenvalue weighted by atomic mass is 10.00. The molecule has 90 valence electrons.